The summed E-state index contributed by atoms with van der Waals surface area (Å²) in [6.45, 7) is 6.06. The highest BCUT2D eigenvalue weighted by Gasteiger charge is 2.22. The predicted molar refractivity (Wildman–Crippen MR) is 58.1 cm³/mol. The fourth-order valence-corrected chi connectivity index (χ4v) is 1.39. The summed E-state index contributed by atoms with van der Waals surface area (Å²) < 4.78 is 5.16. The minimum absolute atomic E-state index is 0.00565. The molecule has 0 spiro atoms. The zero-order chi connectivity index (χ0) is 10.6. The summed E-state index contributed by atoms with van der Waals surface area (Å²) in [6.07, 6.45) is 8.21. The highest BCUT2D eigenvalue weighted by molar-refractivity contribution is 5.33. The number of ether oxygens (including phenoxy) is 1. The molecule has 0 aromatic rings. The van der Waals surface area contributed by atoms with E-state index in [0.29, 0.717) is 0 Å². The van der Waals surface area contributed by atoms with Crippen LogP contribution in [-0.2, 0) is 4.74 Å². The summed E-state index contributed by atoms with van der Waals surface area (Å²) in [5, 5.41) is 2.02. The summed E-state index contributed by atoms with van der Waals surface area (Å²) in [5.74, 6) is 0. The van der Waals surface area contributed by atoms with Crippen molar-refractivity contribution in [2.75, 3.05) is 7.11 Å². The summed E-state index contributed by atoms with van der Waals surface area (Å²) >= 11 is 0. The normalized spacial score (nSPS) is 23.4. The Bertz CT molecular complexity index is 279. The molecule has 0 bridgehead atoms. The van der Waals surface area contributed by atoms with Gasteiger partial charge in [-0.25, -0.2) is 0 Å². The van der Waals surface area contributed by atoms with E-state index in [4.69, 9.17) is 4.74 Å². The smallest absolute Gasteiger partial charge is 0.146 e. The minimum atomic E-state index is 0.00565. The Kier molecular flexibility index (Phi) is 3.92. The lowest BCUT2D eigenvalue weighted by Gasteiger charge is -2.24. The Morgan fingerprint density at radius 2 is 2.14 bits per heavy atom. The lowest BCUT2D eigenvalue weighted by molar-refractivity contribution is 0.0811. The van der Waals surface area contributed by atoms with Crippen molar-refractivity contribution >= 4 is 0 Å². The number of allylic oxidation sites excluding steroid dienone is 4. The van der Waals surface area contributed by atoms with Crippen molar-refractivity contribution in [2.24, 2.45) is 0 Å². The van der Waals surface area contributed by atoms with Gasteiger partial charge in [-0.05, 0) is 25.2 Å². The molecule has 2 aliphatic rings. The zero-order valence-corrected chi connectivity index (χ0v) is 9.24. The van der Waals surface area contributed by atoms with Crippen LogP contribution in [0.4, 0.5) is 0 Å². The molecular weight excluding hydrogens is 176 g/mol. The molecule has 1 unspecified atom stereocenters. The van der Waals surface area contributed by atoms with Crippen molar-refractivity contribution in [2.45, 2.75) is 27.0 Å². The molecule has 0 saturated carbocycles. The number of nitrogens with zero attached hydrogens (tertiary/aromatic N) is 1. The molecule has 14 heavy (non-hydrogen) atoms. The van der Waals surface area contributed by atoms with Crippen LogP contribution < -0.4 is 5.43 Å². The zero-order valence-electron chi connectivity index (χ0n) is 9.24. The van der Waals surface area contributed by atoms with Crippen LogP contribution in [0.1, 0.15) is 20.8 Å². The topological polar surface area (TPSA) is 24.5 Å². The molecule has 78 valence electrons. The maximum atomic E-state index is 5.16. The van der Waals surface area contributed by atoms with Crippen molar-refractivity contribution in [1.82, 2.24) is 10.4 Å². The van der Waals surface area contributed by atoms with E-state index in [1.165, 1.54) is 5.70 Å². The third-order valence-electron chi connectivity index (χ3n) is 2.05. The number of hydrazine groups is 1. The van der Waals surface area contributed by atoms with Crippen LogP contribution >= 0.6 is 0 Å². The fraction of sp³-hybridized carbons (Fsp3) is 0.455. The van der Waals surface area contributed by atoms with Crippen LogP contribution in [0.2, 0.25) is 0 Å². The first-order valence-corrected chi connectivity index (χ1v) is 4.97. The van der Waals surface area contributed by atoms with Crippen LogP contribution in [0.3, 0.4) is 0 Å². The molecule has 3 heteroatoms. The van der Waals surface area contributed by atoms with E-state index in [0.717, 1.165) is 5.70 Å². The maximum absolute atomic E-state index is 5.16. The number of nitrogens with one attached hydrogen (secondary N) is 1. The average molecular weight is 194 g/mol. The van der Waals surface area contributed by atoms with Crippen LogP contribution in [0.15, 0.2) is 35.7 Å². The molecule has 0 fully saturated rings. The molecule has 0 radical (unpaired) electrons. The van der Waals surface area contributed by atoms with Crippen LogP contribution in [0.5, 0.6) is 0 Å². The second-order valence-corrected chi connectivity index (χ2v) is 2.88. The fourth-order valence-electron chi connectivity index (χ4n) is 1.39. The van der Waals surface area contributed by atoms with Gasteiger partial charge in [0.25, 0.3) is 0 Å². The highest BCUT2D eigenvalue weighted by atomic mass is 16.5. The van der Waals surface area contributed by atoms with Gasteiger partial charge >= 0.3 is 0 Å². The van der Waals surface area contributed by atoms with Crippen LogP contribution in [0.25, 0.3) is 0 Å². The van der Waals surface area contributed by atoms with E-state index in [-0.39, 0.29) is 6.23 Å². The van der Waals surface area contributed by atoms with Gasteiger partial charge in [0, 0.05) is 12.8 Å². The SMILES string of the molecule is CC.COC1C=C2C=CC=C(C)N2N1. The van der Waals surface area contributed by atoms with E-state index >= 15 is 0 Å². The quantitative estimate of drug-likeness (QED) is 0.692. The second-order valence-electron chi connectivity index (χ2n) is 2.88. The van der Waals surface area contributed by atoms with Gasteiger partial charge < -0.3 is 4.74 Å². The monoisotopic (exact) mass is 194 g/mol. The molecule has 0 saturated heterocycles. The Hall–Kier alpha value is -1.06. The molecule has 1 N–H and O–H groups in total. The van der Waals surface area contributed by atoms with Crippen molar-refractivity contribution in [1.29, 1.82) is 0 Å². The van der Waals surface area contributed by atoms with Gasteiger partial charge in [0.1, 0.15) is 6.23 Å². The minimum Gasteiger partial charge on any atom is -0.361 e. The summed E-state index contributed by atoms with van der Waals surface area (Å²) in [5.41, 5.74) is 5.53. The van der Waals surface area contributed by atoms with Crippen molar-refractivity contribution < 1.29 is 4.74 Å². The van der Waals surface area contributed by atoms with E-state index in [9.17, 15) is 0 Å². The van der Waals surface area contributed by atoms with Gasteiger partial charge in [-0.3, -0.25) is 5.01 Å². The van der Waals surface area contributed by atoms with Gasteiger partial charge in [0.15, 0.2) is 0 Å². The second kappa shape index (κ2) is 4.98. The van der Waals surface area contributed by atoms with Crippen molar-refractivity contribution in [3.63, 3.8) is 0 Å². The molecule has 1 atom stereocenters. The third kappa shape index (κ3) is 2.05. The molecule has 2 heterocycles. The predicted octanol–water partition coefficient (Wildman–Crippen LogP) is 2.16. The highest BCUT2D eigenvalue weighted by Crippen LogP contribution is 2.22. The molecule has 0 amide bonds. The number of hydrogen-bond acceptors (Lipinski definition) is 3. The number of rotatable bonds is 1. The van der Waals surface area contributed by atoms with Gasteiger partial charge in [-0.2, -0.15) is 5.43 Å². The van der Waals surface area contributed by atoms with Crippen LogP contribution in [-0.4, -0.2) is 18.3 Å². The number of methoxy groups -OCH3 is 1. The molecule has 0 aromatic carbocycles. The Morgan fingerprint density at radius 1 is 1.43 bits per heavy atom. The molecule has 0 aliphatic carbocycles. The maximum Gasteiger partial charge on any atom is 0.146 e. The summed E-state index contributed by atoms with van der Waals surface area (Å²) in [6, 6.07) is 0. The van der Waals surface area contributed by atoms with E-state index in [1.807, 2.05) is 31.0 Å². The number of hydrogen-bond donors (Lipinski definition) is 1. The van der Waals surface area contributed by atoms with E-state index in [1.54, 1.807) is 7.11 Å². The van der Waals surface area contributed by atoms with Gasteiger partial charge in [0.05, 0.1) is 5.70 Å². The lowest BCUT2D eigenvalue weighted by atomic mass is 10.2. The first-order chi connectivity index (χ1) is 6.81. The Morgan fingerprint density at radius 3 is 2.71 bits per heavy atom. The first-order valence-electron chi connectivity index (χ1n) is 4.97. The van der Waals surface area contributed by atoms with Gasteiger partial charge in [-0.15, -0.1) is 0 Å². The average Bonchev–Trinajstić information content (AvgIpc) is 2.65. The molecular formula is C11H18N2O. The van der Waals surface area contributed by atoms with E-state index < -0.39 is 0 Å². The van der Waals surface area contributed by atoms with Crippen LogP contribution in [0, 0.1) is 0 Å². The Labute approximate surface area is 85.7 Å². The van der Waals surface area contributed by atoms with Crippen molar-refractivity contribution in [3.05, 3.63) is 35.7 Å². The number of fused-ring (bicyclic) bond motifs is 1. The molecule has 2 rings (SSSR count). The standard InChI is InChI=1S/C9H12N2O.C2H6/c1-7-4-3-5-8-6-9(12-2)10-11(7)8;1-2/h3-6,9-10H,1-2H3;1-2H3. The van der Waals surface area contributed by atoms with Gasteiger partial charge in [-0.1, -0.05) is 19.9 Å². The molecule has 2 aliphatic heterocycles. The summed E-state index contributed by atoms with van der Waals surface area (Å²) in [4.78, 5) is 0. The van der Waals surface area contributed by atoms with Gasteiger partial charge in [0.2, 0.25) is 0 Å². The lowest BCUT2D eigenvalue weighted by Crippen LogP contribution is -2.36. The molecule has 3 nitrogen and oxygen atoms in total. The summed E-state index contributed by atoms with van der Waals surface area (Å²) in [7, 11) is 1.69. The van der Waals surface area contributed by atoms with Crippen molar-refractivity contribution in [3.8, 4) is 0 Å². The first kappa shape index (κ1) is 11.0. The Balaban J connectivity index is 0.000000461. The molecule has 0 aromatic heterocycles. The largest absolute Gasteiger partial charge is 0.361 e. The van der Waals surface area contributed by atoms with E-state index in [2.05, 4.69) is 24.5 Å². The third-order valence-corrected chi connectivity index (χ3v) is 2.05.